The average Bonchev–Trinajstić information content (AvgIpc) is 2.69. The van der Waals surface area contributed by atoms with E-state index in [4.69, 9.17) is 10.00 Å². The van der Waals surface area contributed by atoms with Gasteiger partial charge in [-0.25, -0.2) is 4.79 Å². The first-order valence-electron chi connectivity index (χ1n) is 9.02. The Bertz CT molecular complexity index is 748. The maximum absolute atomic E-state index is 12.3. The van der Waals surface area contributed by atoms with Gasteiger partial charge in [0.15, 0.2) is 0 Å². The Balaban J connectivity index is 1.61. The number of rotatable bonds is 4. The Morgan fingerprint density at radius 1 is 1.04 bits per heavy atom. The molecule has 3 nitrogen and oxygen atoms in total. The summed E-state index contributed by atoms with van der Waals surface area (Å²) in [5.74, 6) is 1.58. The van der Waals surface area contributed by atoms with Crippen molar-refractivity contribution in [1.82, 2.24) is 0 Å². The molecule has 2 aromatic rings. The van der Waals surface area contributed by atoms with Gasteiger partial charge >= 0.3 is 5.97 Å². The van der Waals surface area contributed by atoms with Crippen LogP contribution in [-0.2, 0) is 0 Å². The second-order valence-electron chi connectivity index (χ2n) is 6.77. The molecule has 0 N–H and O–H groups in total. The molecule has 0 heterocycles. The standard InChI is InChI=1S/C22H23NO2/c1-2-16-3-7-18(8-4-16)19-9-11-20(12-10-19)22(24)25-21-13-5-17(15-23)6-14-21/h5-6,9-14,16,18H,2-4,7-8H2,1H3. The molecule has 2 aromatic carbocycles. The van der Waals surface area contributed by atoms with E-state index in [2.05, 4.69) is 19.1 Å². The molecule has 0 radical (unpaired) electrons. The summed E-state index contributed by atoms with van der Waals surface area (Å²) >= 11 is 0. The molecule has 0 spiro atoms. The first kappa shape index (κ1) is 17.2. The molecular weight excluding hydrogens is 310 g/mol. The summed E-state index contributed by atoms with van der Waals surface area (Å²) in [5.41, 5.74) is 2.42. The number of hydrogen-bond acceptors (Lipinski definition) is 3. The molecule has 1 aliphatic carbocycles. The Morgan fingerprint density at radius 2 is 1.68 bits per heavy atom. The van der Waals surface area contributed by atoms with Gasteiger partial charge in [0.25, 0.3) is 0 Å². The van der Waals surface area contributed by atoms with Crippen LogP contribution in [0.3, 0.4) is 0 Å². The van der Waals surface area contributed by atoms with Gasteiger partial charge < -0.3 is 4.74 Å². The van der Waals surface area contributed by atoms with Gasteiger partial charge in [0.2, 0.25) is 0 Å². The van der Waals surface area contributed by atoms with Crippen LogP contribution in [0.15, 0.2) is 48.5 Å². The van der Waals surface area contributed by atoms with Gasteiger partial charge in [0.1, 0.15) is 5.75 Å². The van der Waals surface area contributed by atoms with Crippen LogP contribution < -0.4 is 4.74 Å². The minimum Gasteiger partial charge on any atom is -0.423 e. The van der Waals surface area contributed by atoms with Crippen molar-refractivity contribution in [1.29, 1.82) is 5.26 Å². The predicted molar refractivity (Wildman–Crippen MR) is 97.5 cm³/mol. The number of benzene rings is 2. The molecule has 0 aliphatic heterocycles. The molecule has 25 heavy (non-hydrogen) atoms. The van der Waals surface area contributed by atoms with Gasteiger partial charge in [-0.15, -0.1) is 0 Å². The van der Waals surface area contributed by atoms with Crippen LogP contribution in [0.2, 0.25) is 0 Å². The Kier molecular flexibility index (Phi) is 5.50. The number of carbonyl (C=O) groups excluding carboxylic acids is 1. The first-order valence-corrected chi connectivity index (χ1v) is 9.02. The van der Waals surface area contributed by atoms with Crippen LogP contribution >= 0.6 is 0 Å². The third-order valence-corrected chi connectivity index (χ3v) is 5.24. The summed E-state index contributed by atoms with van der Waals surface area (Å²) in [6, 6.07) is 16.4. The summed E-state index contributed by atoms with van der Waals surface area (Å²) in [5, 5.41) is 8.79. The van der Waals surface area contributed by atoms with E-state index in [0.29, 0.717) is 22.8 Å². The zero-order valence-corrected chi connectivity index (χ0v) is 14.6. The van der Waals surface area contributed by atoms with Crippen molar-refractivity contribution in [2.45, 2.75) is 44.9 Å². The Hall–Kier alpha value is -2.60. The zero-order chi connectivity index (χ0) is 17.6. The number of nitriles is 1. The van der Waals surface area contributed by atoms with Crippen molar-refractivity contribution in [3.05, 3.63) is 65.2 Å². The van der Waals surface area contributed by atoms with E-state index >= 15 is 0 Å². The second kappa shape index (κ2) is 7.98. The first-order chi connectivity index (χ1) is 12.2. The molecular formula is C22H23NO2. The van der Waals surface area contributed by atoms with Crippen LogP contribution in [0.25, 0.3) is 0 Å². The monoisotopic (exact) mass is 333 g/mol. The zero-order valence-electron chi connectivity index (χ0n) is 14.6. The molecule has 3 heteroatoms. The largest absolute Gasteiger partial charge is 0.423 e. The van der Waals surface area contributed by atoms with E-state index in [0.717, 1.165) is 5.92 Å². The lowest BCUT2D eigenvalue weighted by Crippen LogP contribution is -2.13. The smallest absolute Gasteiger partial charge is 0.343 e. The van der Waals surface area contributed by atoms with Crippen molar-refractivity contribution in [3.8, 4) is 11.8 Å². The lowest BCUT2D eigenvalue weighted by Gasteiger charge is -2.28. The molecule has 0 unspecified atom stereocenters. The van der Waals surface area contributed by atoms with Crippen molar-refractivity contribution in [3.63, 3.8) is 0 Å². The third kappa shape index (κ3) is 4.28. The summed E-state index contributed by atoms with van der Waals surface area (Å²) in [6.07, 6.45) is 6.39. The van der Waals surface area contributed by atoms with Crippen LogP contribution in [-0.4, -0.2) is 5.97 Å². The third-order valence-electron chi connectivity index (χ3n) is 5.24. The van der Waals surface area contributed by atoms with Gasteiger partial charge in [-0.1, -0.05) is 25.5 Å². The summed E-state index contributed by atoms with van der Waals surface area (Å²) in [7, 11) is 0. The van der Waals surface area contributed by atoms with Gasteiger partial charge in [0.05, 0.1) is 17.2 Å². The SMILES string of the molecule is CCC1CCC(c2ccc(C(=O)Oc3ccc(C#N)cc3)cc2)CC1. The maximum Gasteiger partial charge on any atom is 0.343 e. The summed E-state index contributed by atoms with van der Waals surface area (Å²) in [4.78, 5) is 12.3. The highest BCUT2D eigenvalue weighted by Crippen LogP contribution is 2.36. The second-order valence-corrected chi connectivity index (χ2v) is 6.77. The fourth-order valence-corrected chi connectivity index (χ4v) is 3.56. The van der Waals surface area contributed by atoms with Crippen molar-refractivity contribution in [2.75, 3.05) is 0 Å². The van der Waals surface area contributed by atoms with Crippen molar-refractivity contribution >= 4 is 5.97 Å². The molecule has 0 bridgehead atoms. The molecule has 128 valence electrons. The van der Waals surface area contributed by atoms with E-state index in [-0.39, 0.29) is 5.97 Å². The number of esters is 1. The molecule has 1 saturated carbocycles. The highest BCUT2D eigenvalue weighted by Gasteiger charge is 2.21. The molecule has 3 rings (SSSR count). The molecule has 0 aromatic heterocycles. The minimum atomic E-state index is -0.369. The lowest BCUT2D eigenvalue weighted by atomic mass is 9.78. The topological polar surface area (TPSA) is 50.1 Å². The highest BCUT2D eigenvalue weighted by molar-refractivity contribution is 5.91. The molecule has 1 fully saturated rings. The van der Waals surface area contributed by atoms with Crippen molar-refractivity contribution < 1.29 is 9.53 Å². The van der Waals surface area contributed by atoms with Crippen molar-refractivity contribution in [2.24, 2.45) is 5.92 Å². The molecule has 1 aliphatic rings. The van der Waals surface area contributed by atoms with Crippen LogP contribution in [0.4, 0.5) is 0 Å². The van der Waals surface area contributed by atoms with Crippen LogP contribution in [0.1, 0.15) is 66.4 Å². The van der Waals surface area contributed by atoms with Gasteiger partial charge in [0, 0.05) is 0 Å². The fourth-order valence-electron chi connectivity index (χ4n) is 3.56. The fraction of sp³-hybridized carbons (Fsp3) is 0.364. The Labute approximate surface area is 149 Å². The average molecular weight is 333 g/mol. The minimum absolute atomic E-state index is 0.369. The Morgan fingerprint density at radius 3 is 2.24 bits per heavy atom. The number of hydrogen-bond donors (Lipinski definition) is 0. The number of nitrogens with zero attached hydrogens (tertiary/aromatic N) is 1. The summed E-state index contributed by atoms with van der Waals surface area (Å²) < 4.78 is 5.37. The maximum atomic E-state index is 12.3. The van der Waals surface area contributed by atoms with E-state index < -0.39 is 0 Å². The normalized spacial score (nSPS) is 19.8. The molecule has 0 amide bonds. The number of ether oxygens (including phenoxy) is 1. The van der Waals surface area contributed by atoms with Crippen LogP contribution in [0.5, 0.6) is 5.75 Å². The quantitative estimate of drug-likeness (QED) is 0.551. The van der Waals surface area contributed by atoms with E-state index in [9.17, 15) is 4.79 Å². The highest BCUT2D eigenvalue weighted by atomic mass is 16.5. The van der Waals surface area contributed by atoms with Gasteiger partial charge in [-0.05, 0) is 79.5 Å². The van der Waals surface area contributed by atoms with Crippen LogP contribution in [0, 0.1) is 17.2 Å². The number of carbonyl (C=O) groups is 1. The van der Waals surface area contributed by atoms with Gasteiger partial charge in [-0.2, -0.15) is 5.26 Å². The van der Waals surface area contributed by atoms with E-state index in [1.165, 1.54) is 37.7 Å². The summed E-state index contributed by atoms with van der Waals surface area (Å²) in [6.45, 7) is 2.28. The molecule has 0 saturated heterocycles. The van der Waals surface area contributed by atoms with E-state index in [1.807, 2.05) is 18.2 Å². The van der Waals surface area contributed by atoms with Gasteiger partial charge in [-0.3, -0.25) is 0 Å². The van der Waals surface area contributed by atoms with E-state index in [1.54, 1.807) is 24.3 Å². The lowest BCUT2D eigenvalue weighted by molar-refractivity contribution is 0.0734. The molecule has 0 atom stereocenters. The predicted octanol–water partition coefficient (Wildman–Crippen LogP) is 5.46.